The standard InChI is InChI=1S/2C10H20O2.C6H14N2.2ClH.Pt/c2*1-2-3-4-5-6-7-8-9-10(11)12;7-5-3-1-2-4-6(5)8;;;/h2*2-9H2,1H3,(H,11,12);5-6H,1-4,7-8H2;2*1H;/q;;;;;+4/p-4/t;;5-,6-;;;/m..1.../s1. The van der Waals surface area contributed by atoms with Gasteiger partial charge in [-0.15, -0.1) is 0 Å². The van der Waals surface area contributed by atoms with Crippen LogP contribution in [0.4, 0.5) is 0 Å². The molecule has 0 spiro atoms. The van der Waals surface area contributed by atoms with E-state index in [0.717, 1.165) is 38.5 Å². The van der Waals surface area contributed by atoms with E-state index < -0.39 is 11.9 Å². The monoisotopic (exact) mass is 721 g/mol. The first kappa shape index (κ1) is 45.1. The second-order valence-corrected chi connectivity index (χ2v) is 9.10. The number of carboxylic acids is 2. The maximum absolute atomic E-state index is 10.0. The summed E-state index contributed by atoms with van der Waals surface area (Å²) in [4.78, 5) is 20.0. The van der Waals surface area contributed by atoms with Gasteiger partial charge in [-0.1, -0.05) is 104 Å². The Labute approximate surface area is 242 Å². The molecular weight excluding hydrogens is 670 g/mol. The van der Waals surface area contributed by atoms with Gasteiger partial charge in [0.25, 0.3) is 0 Å². The number of nitrogens with two attached hydrogens (primary N) is 2. The van der Waals surface area contributed by atoms with Crippen molar-refractivity contribution in [2.75, 3.05) is 0 Å². The molecule has 1 aliphatic carbocycles. The molecule has 0 aliphatic heterocycles. The minimum absolute atomic E-state index is 0. The molecule has 35 heavy (non-hydrogen) atoms. The fraction of sp³-hybridized carbons (Fsp3) is 0.923. The van der Waals surface area contributed by atoms with Gasteiger partial charge in [-0.2, -0.15) is 0 Å². The van der Waals surface area contributed by atoms with Gasteiger partial charge in [-0.3, -0.25) is 0 Å². The van der Waals surface area contributed by atoms with Crippen LogP contribution in [0, 0.1) is 0 Å². The molecule has 0 unspecified atom stereocenters. The molecule has 0 aromatic carbocycles. The molecule has 0 bridgehead atoms. The zero-order valence-electron chi connectivity index (χ0n) is 22.2. The number of rotatable bonds is 16. The molecule has 1 fully saturated rings. The number of carbonyl (C=O) groups excluding carboxylic acids is 2. The fourth-order valence-corrected chi connectivity index (χ4v) is 3.64. The molecule has 1 aliphatic rings. The first-order valence-electron chi connectivity index (χ1n) is 13.3. The van der Waals surface area contributed by atoms with Gasteiger partial charge < -0.3 is 56.1 Å². The summed E-state index contributed by atoms with van der Waals surface area (Å²) in [5.74, 6) is -1.83. The van der Waals surface area contributed by atoms with Crippen LogP contribution in [-0.4, -0.2) is 24.0 Å². The molecule has 6 nitrogen and oxygen atoms in total. The third-order valence-electron chi connectivity index (χ3n) is 5.84. The van der Waals surface area contributed by atoms with Gasteiger partial charge in [-0.05, 0) is 38.5 Å². The Hall–Kier alpha value is 0.128. The van der Waals surface area contributed by atoms with Crippen molar-refractivity contribution >= 4 is 11.9 Å². The van der Waals surface area contributed by atoms with E-state index in [-0.39, 0.29) is 70.8 Å². The average molecular weight is 723 g/mol. The number of hydrogen-bond acceptors (Lipinski definition) is 6. The van der Waals surface area contributed by atoms with E-state index in [1.807, 2.05) is 0 Å². The summed E-state index contributed by atoms with van der Waals surface area (Å²) in [5.41, 5.74) is 11.3. The Morgan fingerprint density at radius 3 is 1.09 bits per heavy atom. The van der Waals surface area contributed by atoms with Gasteiger partial charge in [0.05, 0.1) is 0 Å². The maximum Gasteiger partial charge on any atom is 4.00 e. The minimum Gasteiger partial charge on any atom is -1.00 e. The van der Waals surface area contributed by atoms with E-state index in [9.17, 15) is 19.8 Å². The Balaban J connectivity index is -0.000000125. The van der Waals surface area contributed by atoms with Crippen LogP contribution in [-0.2, 0) is 30.7 Å². The molecule has 214 valence electrons. The van der Waals surface area contributed by atoms with Gasteiger partial charge in [0.1, 0.15) is 0 Å². The molecule has 0 radical (unpaired) electrons. The number of halogens is 2. The van der Waals surface area contributed by atoms with Crippen molar-refractivity contribution in [1.29, 1.82) is 0 Å². The minimum atomic E-state index is -0.913. The normalized spacial score (nSPS) is 16.0. The predicted octanol–water partition coefficient (Wildman–Crippen LogP) is -2.03. The van der Waals surface area contributed by atoms with Gasteiger partial charge in [0.15, 0.2) is 0 Å². The van der Waals surface area contributed by atoms with E-state index in [4.69, 9.17) is 11.5 Å². The van der Waals surface area contributed by atoms with Gasteiger partial charge >= 0.3 is 21.1 Å². The van der Waals surface area contributed by atoms with E-state index in [2.05, 4.69) is 13.8 Å². The molecule has 0 heterocycles. The summed E-state index contributed by atoms with van der Waals surface area (Å²) in [6.45, 7) is 4.38. The zero-order chi connectivity index (χ0) is 24.5. The SMILES string of the molecule is CCCCCCCCCC(=O)[O-].CCCCCCCCCC(=O)[O-].N[C@@H]1CCCC[C@H]1N.[Cl-].[Cl-].[Pt+4]. The number of carbonyl (C=O) groups is 2. The topological polar surface area (TPSA) is 132 Å². The average Bonchev–Trinajstić information content (AvgIpc) is 2.75. The van der Waals surface area contributed by atoms with Crippen LogP contribution in [0.3, 0.4) is 0 Å². The summed E-state index contributed by atoms with van der Waals surface area (Å²) in [5, 5.41) is 20.0. The van der Waals surface area contributed by atoms with Crippen LogP contribution < -0.4 is 46.5 Å². The Bertz CT molecular complexity index is 398. The smallest absolute Gasteiger partial charge is 1.00 e. The molecule has 1 saturated carbocycles. The van der Waals surface area contributed by atoms with Crippen LogP contribution in [0.15, 0.2) is 0 Å². The number of aliphatic carboxylic acids is 2. The molecule has 1 rings (SSSR count). The Morgan fingerprint density at radius 2 is 0.857 bits per heavy atom. The van der Waals surface area contributed by atoms with E-state index in [1.165, 1.54) is 77.0 Å². The molecule has 0 amide bonds. The van der Waals surface area contributed by atoms with Gasteiger partial charge in [0.2, 0.25) is 0 Å². The Kier molecular flexibility index (Phi) is 46.7. The number of unbranched alkanes of at least 4 members (excludes halogenated alkanes) is 12. The maximum atomic E-state index is 10.0. The van der Waals surface area contributed by atoms with Crippen molar-refractivity contribution in [3.8, 4) is 0 Å². The van der Waals surface area contributed by atoms with Crippen molar-refractivity contribution < 1.29 is 65.7 Å². The summed E-state index contributed by atoms with van der Waals surface area (Å²) in [6.07, 6.45) is 21.5. The van der Waals surface area contributed by atoms with E-state index in [0.29, 0.717) is 0 Å². The second-order valence-electron chi connectivity index (χ2n) is 9.10. The second kappa shape index (κ2) is 36.3. The van der Waals surface area contributed by atoms with Gasteiger partial charge in [-0.25, -0.2) is 0 Å². The molecule has 0 aromatic heterocycles. The number of hydrogen-bond donors (Lipinski definition) is 2. The van der Waals surface area contributed by atoms with Crippen molar-refractivity contribution in [2.45, 2.75) is 154 Å². The molecule has 9 heteroatoms. The van der Waals surface area contributed by atoms with Gasteiger partial charge in [0, 0.05) is 24.0 Å². The summed E-state index contributed by atoms with van der Waals surface area (Å²) in [7, 11) is 0. The van der Waals surface area contributed by atoms with Crippen molar-refractivity contribution in [2.24, 2.45) is 11.5 Å². The quantitative estimate of drug-likeness (QED) is 0.177. The van der Waals surface area contributed by atoms with E-state index in [1.54, 1.807) is 0 Å². The van der Waals surface area contributed by atoms with Crippen LogP contribution in [0.5, 0.6) is 0 Å². The largest absolute Gasteiger partial charge is 4.00 e. The van der Waals surface area contributed by atoms with Crippen LogP contribution in [0.2, 0.25) is 0 Å². The number of carboxylic acid groups (broad SMARTS) is 2. The van der Waals surface area contributed by atoms with Crippen LogP contribution in [0.25, 0.3) is 0 Å². The van der Waals surface area contributed by atoms with Crippen molar-refractivity contribution in [3.63, 3.8) is 0 Å². The first-order valence-corrected chi connectivity index (χ1v) is 13.3. The van der Waals surface area contributed by atoms with Crippen molar-refractivity contribution in [1.82, 2.24) is 0 Å². The zero-order valence-corrected chi connectivity index (χ0v) is 25.9. The predicted molar refractivity (Wildman–Crippen MR) is 130 cm³/mol. The third-order valence-corrected chi connectivity index (χ3v) is 5.84. The summed E-state index contributed by atoms with van der Waals surface area (Å²) < 4.78 is 0. The molecule has 0 saturated heterocycles. The summed E-state index contributed by atoms with van der Waals surface area (Å²) in [6, 6.07) is 0.562. The van der Waals surface area contributed by atoms with E-state index >= 15 is 0 Å². The Morgan fingerprint density at radius 1 is 0.600 bits per heavy atom. The van der Waals surface area contributed by atoms with Crippen LogP contribution in [0.1, 0.15) is 142 Å². The first-order chi connectivity index (χ1) is 15.3. The van der Waals surface area contributed by atoms with Crippen molar-refractivity contribution in [3.05, 3.63) is 0 Å². The third kappa shape index (κ3) is 41.5. The summed E-state index contributed by atoms with van der Waals surface area (Å²) >= 11 is 0. The fourth-order valence-electron chi connectivity index (χ4n) is 3.64. The molecule has 2 atom stereocenters. The molecule has 0 aromatic rings. The molecule has 4 N–H and O–H groups in total. The molecular formula is C26H52Cl2N2O4Pt. The van der Waals surface area contributed by atoms with Crippen LogP contribution >= 0.6 is 0 Å².